The van der Waals surface area contributed by atoms with Crippen LogP contribution in [0.5, 0.6) is 0 Å². The average molecular weight is 1200 g/mol. The predicted octanol–water partition coefficient (Wildman–Crippen LogP) is -2.54. The number of esters is 1. The van der Waals surface area contributed by atoms with E-state index in [-0.39, 0.29) is 35.5 Å². The number of fused-ring (bicyclic) bond motifs is 7. The maximum absolute atomic E-state index is 15.2. The van der Waals surface area contributed by atoms with Crippen LogP contribution in [0.2, 0.25) is 0 Å². The van der Waals surface area contributed by atoms with E-state index in [1.165, 1.54) is 6.92 Å². The molecule has 1 amide bonds. The molecular formula is C58H93NO25. The lowest BCUT2D eigenvalue weighted by Crippen LogP contribution is -2.69. The molecule has 480 valence electrons. The molecule has 0 radical (unpaired) electrons. The van der Waals surface area contributed by atoms with Crippen molar-refractivity contribution in [2.75, 3.05) is 39.6 Å². The van der Waals surface area contributed by atoms with Crippen molar-refractivity contribution in [3.63, 3.8) is 0 Å². The maximum atomic E-state index is 15.2. The molecule has 20 unspecified atom stereocenters. The molecule has 84 heavy (non-hydrogen) atoms. The number of amides is 1. The highest BCUT2D eigenvalue weighted by atomic mass is 16.8. The van der Waals surface area contributed by atoms with E-state index >= 15 is 4.79 Å². The molecule has 10 rings (SSSR count). The van der Waals surface area contributed by atoms with Crippen molar-refractivity contribution in [2.45, 2.75) is 248 Å². The maximum Gasteiger partial charge on any atom is 0.317 e. The van der Waals surface area contributed by atoms with Crippen LogP contribution in [0.3, 0.4) is 0 Å². The Morgan fingerprint density at radius 3 is 1.92 bits per heavy atom. The van der Waals surface area contributed by atoms with Crippen LogP contribution in [0.15, 0.2) is 11.6 Å². The van der Waals surface area contributed by atoms with Gasteiger partial charge in [-0.3, -0.25) is 9.59 Å². The Balaban J connectivity index is 0.865. The minimum Gasteiger partial charge on any atom is -0.432 e. The Bertz CT molecular complexity index is 2400. The number of hydrogen-bond donors (Lipinski definition) is 14. The first-order chi connectivity index (χ1) is 39.3. The van der Waals surface area contributed by atoms with Gasteiger partial charge in [-0.05, 0) is 103 Å². The SMILES string of the molecule is CC(=O)NC1C(O[C@H]2CC[C@]3(C)[C@H]4CC=C5[C@@H]6CC(C)(C)CC[C@]6(C(=O)OC6OCC(O)C(O)C6OC6OCC(O)(CO)C6O)[C@H](O)C[C@@]5(C)[C@]4(C)CC[C@H]3C2(C)C)OC(COC2OCC(O)C(O)C2OC2OCC(O)C(O)C2O)C(O)C1O. The minimum absolute atomic E-state index is 0.0555. The van der Waals surface area contributed by atoms with Gasteiger partial charge < -0.3 is 119 Å². The highest BCUT2D eigenvalue weighted by Crippen LogP contribution is 2.76. The van der Waals surface area contributed by atoms with E-state index in [9.17, 15) is 71.2 Å². The summed E-state index contributed by atoms with van der Waals surface area (Å²) in [6, 6.07) is -1.23. The van der Waals surface area contributed by atoms with Gasteiger partial charge in [0.2, 0.25) is 12.2 Å². The van der Waals surface area contributed by atoms with Crippen LogP contribution in [-0.2, 0) is 57.0 Å². The van der Waals surface area contributed by atoms with E-state index in [4.69, 9.17) is 47.4 Å². The van der Waals surface area contributed by atoms with Crippen molar-refractivity contribution in [1.82, 2.24) is 5.32 Å². The predicted molar refractivity (Wildman–Crippen MR) is 284 cm³/mol. The Morgan fingerprint density at radius 1 is 0.655 bits per heavy atom. The third kappa shape index (κ3) is 10.8. The molecule has 0 aromatic heterocycles. The fourth-order valence-electron chi connectivity index (χ4n) is 17.3. The summed E-state index contributed by atoms with van der Waals surface area (Å²) in [6.07, 6.45) is -22.4. The van der Waals surface area contributed by atoms with Crippen molar-refractivity contribution in [3.05, 3.63) is 11.6 Å². The molecular weight excluding hydrogens is 1110 g/mol. The van der Waals surface area contributed by atoms with Crippen LogP contribution in [0.4, 0.5) is 0 Å². The van der Waals surface area contributed by atoms with E-state index in [2.05, 4.69) is 59.9 Å². The zero-order chi connectivity index (χ0) is 61.2. The summed E-state index contributed by atoms with van der Waals surface area (Å²) in [7, 11) is 0. The molecule has 0 aromatic carbocycles. The minimum atomic E-state index is -2.07. The first-order valence-corrected chi connectivity index (χ1v) is 30.0. The van der Waals surface area contributed by atoms with Crippen LogP contribution in [0, 0.1) is 50.2 Å². The van der Waals surface area contributed by atoms with Crippen molar-refractivity contribution >= 4 is 11.9 Å². The highest BCUT2D eigenvalue weighted by molar-refractivity contribution is 5.80. The molecule has 5 heterocycles. The van der Waals surface area contributed by atoms with Crippen LogP contribution < -0.4 is 5.32 Å². The van der Waals surface area contributed by atoms with Crippen molar-refractivity contribution in [3.8, 4) is 0 Å². The number of allylic oxidation sites excluding steroid dienone is 2. The number of carbonyl (C=O) groups is 2. The van der Waals surface area contributed by atoms with E-state index in [0.29, 0.717) is 32.1 Å². The van der Waals surface area contributed by atoms with Gasteiger partial charge in [-0.2, -0.15) is 0 Å². The van der Waals surface area contributed by atoms with E-state index in [1.54, 1.807) is 0 Å². The third-order valence-corrected chi connectivity index (χ3v) is 22.5. The van der Waals surface area contributed by atoms with Crippen LogP contribution in [-0.4, -0.2) is 253 Å². The average Bonchev–Trinajstić information content (AvgIpc) is 0.741. The molecule has 0 spiro atoms. The van der Waals surface area contributed by atoms with Crippen molar-refractivity contribution in [2.24, 2.45) is 50.2 Å². The molecule has 0 bridgehead atoms. The van der Waals surface area contributed by atoms with Gasteiger partial charge >= 0.3 is 5.97 Å². The van der Waals surface area contributed by atoms with Crippen LogP contribution in [0.25, 0.3) is 0 Å². The number of rotatable bonds is 13. The lowest BCUT2D eigenvalue weighted by molar-refractivity contribution is -0.352. The molecule has 9 fully saturated rings. The molecule has 5 aliphatic carbocycles. The molecule has 29 atom stereocenters. The molecule has 5 aliphatic heterocycles. The van der Waals surface area contributed by atoms with E-state index in [1.807, 2.05) is 0 Å². The second kappa shape index (κ2) is 23.6. The topological polar surface area (TPSA) is 401 Å². The Morgan fingerprint density at radius 2 is 1.27 bits per heavy atom. The number of ether oxygens (including phenoxy) is 10. The lowest BCUT2D eigenvalue weighted by Gasteiger charge is -2.72. The van der Waals surface area contributed by atoms with Gasteiger partial charge in [0, 0.05) is 6.92 Å². The first-order valence-electron chi connectivity index (χ1n) is 30.0. The van der Waals surface area contributed by atoms with E-state index in [0.717, 1.165) is 18.4 Å². The largest absolute Gasteiger partial charge is 0.432 e. The second-order valence-electron chi connectivity index (χ2n) is 28.3. The Labute approximate surface area is 488 Å². The quantitative estimate of drug-likeness (QED) is 0.0513. The van der Waals surface area contributed by atoms with Crippen LogP contribution >= 0.6 is 0 Å². The number of carbonyl (C=O) groups excluding carboxylic acids is 2. The Kier molecular flexibility index (Phi) is 18.2. The number of aliphatic hydroxyl groups is 13. The van der Waals surface area contributed by atoms with Gasteiger partial charge in [0.15, 0.2) is 31.3 Å². The van der Waals surface area contributed by atoms with Gasteiger partial charge in [0.05, 0.1) is 51.8 Å². The molecule has 26 nitrogen and oxygen atoms in total. The summed E-state index contributed by atoms with van der Waals surface area (Å²) in [5.74, 6) is -1.59. The third-order valence-electron chi connectivity index (χ3n) is 22.5. The molecule has 4 saturated carbocycles. The molecule has 10 aliphatic rings. The molecule has 5 saturated heterocycles. The van der Waals surface area contributed by atoms with Gasteiger partial charge in [-0.25, -0.2) is 0 Å². The van der Waals surface area contributed by atoms with E-state index < -0.39 is 214 Å². The fraction of sp³-hybridized carbons (Fsp3) is 0.931. The number of hydrogen-bond acceptors (Lipinski definition) is 25. The summed E-state index contributed by atoms with van der Waals surface area (Å²) in [5, 5.41) is 144. The normalized spacial score (nSPS) is 52.6. The smallest absolute Gasteiger partial charge is 0.317 e. The Hall–Kier alpha value is -2.20. The molecule has 26 heteroatoms. The highest BCUT2D eigenvalue weighted by Gasteiger charge is 2.72. The number of aliphatic hydroxyl groups excluding tert-OH is 12. The fourth-order valence-corrected chi connectivity index (χ4v) is 17.3. The van der Waals surface area contributed by atoms with Gasteiger partial charge in [0.25, 0.3) is 0 Å². The second-order valence-corrected chi connectivity index (χ2v) is 28.3. The summed E-state index contributed by atoms with van der Waals surface area (Å²) in [5.41, 5.74) is -4.50. The lowest BCUT2D eigenvalue weighted by atomic mass is 9.33. The van der Waals surface area contributed by atoms with Crippen molar-refractivity contribution in [1.29, 1.82) is 0 Å². The molecule has 14 N–H and O–H groups in total. The standard InChI is InChI=1S/C58H93NO25/c1-25(61)59-36-41(70)40(69)31(22-78-48-43(38(67)29(63)20-76-48)82-47-42(71)37(66)28(62)19-75-47)80-46(36)81-35-12-13-54(6)32(53(35,4)5)11-14-55(7)33(54)10-9-26-27-17-52(2,3)15-16-58(27,34(65)18-56(26,55)8)51(73)84-49-44(39(68)30(64)21-77-49)83-50-45(72)57(74,23-60)24-79-50/h9,27-50,60,62-72,74H,10-24H2,1-8H3,(H,59,61)/t27-,28?,29?,30?,31?,32-,33+,34+,35-,36?,37?,38?,39?,40?,41?,42?,43?,44?,45?,46?,47?,48?,49?,50?,54-,55+,56+,57?,58+/m0/s1. The van der Waals surface area contributed by atoms with Crippen molar-refractivity contribution < 1.29 is 123 Å². The summed E-state index contributed by atoms with van der Waals surface area (Å²) < 4.78 is 59.6. The van der Waals surface area contributed by atoms with Gasteiger partial charge in [0.1, 0.15) is 90.3 Å². The first kappa shape index (κ1) is 64.8. The number of nitrogens with one attached hydrogen (secondary N) is 1. The molecule has 0 aromatic rings. The van der Waals surface area contributed by atoms with Gasteiger partial charge in [-0.1, -0.05) is 60.1 Å². The monoisotopic (exact) mass is 1200 g/mol. The summed E-state index contributed by atoms with van der Waals surface area (Å²) in [4.78, 5) is 27.9. The zero-order valence-electron chi connectivity index (χ0n) is 49.3. The van der Waals surface area contributed by atoms with Gasteiger partial charge in [-0.15, -0.1) is 0 Å². The summed E-state index contributed by atoms with van der Waals surface area (Å²) in [6.45, 7) is 13.7. The zero-order valence-corrected chi connectivity index (χ0v) is 49.3. The summed E-state index contributed by atoms with van der Waals surface area (Å²) >= 11 is 0. The van der Waals surface area contributed by atoms with Crippen LogP contribution in [0.1, 0.15) is 113 Å².